The zero-order chi connectivity index (χ0) is 16.9. The number of hydrogen-bond acceptors (Lipinski definition) is 2. The molecular weight excluding hydrogens is 292 g/mol. The van der Waals surface area contributed by atoms with Crippen LogP contribution in [-0.2, 0) is 4.79 Å². The minimum Gasteiger partial charge on any atom is -0.465 e. The summed E-state index contributed by atoms with van der Waals surface area (Å²) in [6.07, 6.45) is 12.6. The van der Waals surface area contributed by atoms with Gasteiger partial charge in [0.1, 0.15) is 0 Å². The summed E-state index contributed by atoms with van der Waals surface area (Å²) in [5.41, 5.74) is 0. The van der Waals surface area contributed by atoms with Crippen molar-refractivity contribution in [2.45, 2.75) is 77.6 Å². The maximum atomic E-state index is 11.9. The standard InChI is InChI=1S/C18H34N2O3/c1-2-3-4-5-6-7-8-9-10-11-13-19-17(21)16-12-14-20(15-16)18(22)23/h16H,2-15H2,1H3,(H,19,21)(H,22,23). The van der Waals surface area contributed by atoms with Crippen molar-refractivity contribution in [3.63, 3.8) is 0 Å². The molecule has 1 aliphatic heterocycles. The van der Waals surface area contributed by atoms with E-state index in [4.69, 9.17) is 5.11 Å². The van der Waals surface area contributed by atoms with Crippen LogP contribution in [0.3, 0.4) is 0 Å². The van der Waals surface area contributed by atoms with Crippen LogP contribution in [0.25, 0.3) is 0 Å². The number of carbonyl (C=O) groups excluding carboxylic acids is 1. The van der Waals surface area contributed by atoms with E-state index in [0.29, 0.717) is 19.5 Å². The number of amides is 2. The Morgan fingerprint density at radius 1 is 1.00 bits per heavy atom. The van der Waals surface area contributed by atoms with Crippen LogP contribution >= 0.6 is 0 Å². The fraction of sp³-hybridized carbons (Fsp3) is 0.889. The van der Waals surface area contributed by atoms with E-state index in [1.54, 1.807) is 0 Å². The van der Waals surface area contributed by atoms with Crippen LogP contribution in [0.15, 0.2) is 0 Å². The van der Waals surface area contributed by atoms with E-state index in [1.165, 1.54) is 62.7 Å². The number of likely N-dealkylation sites (tertiary alicyclic amines) is 1. The fourth-order valence-electron chi connectivity index (χ4n) is 3.12. The topological polar surface area (TPSA) is 69.6 Å². The van der Waals surface area contributed by atoms with E-state index in [9.17, 15) is 9.59 Å². The number of nitrogens with one attached hydrogen (secondary N) is 1. The highest BCUT2D eigenvalue weighted by Crippen LogP contribution is 2.16. The molecule has 0 spiro atoms. The van der Waals surface area contributed by atoms with Gasteiger partial charge in [0.15, 0.2) is 0 Å². The lowest BCUT2D eigenvalue weighted by molar-refractivity contribution is -0.124. The Balaban J connectivity index is 1.89. The maximum absolute atomic E-state index is 11.9. The predicted octanol–water partition coefficient (Wildman–Crippen LogP) is 4.02. The molecule has 1 fully saturated rings. The van der Waals surface area contributed by atoms with Crippen LogP contribution < -0.4 is 5.32 Å². The highest BCUT2D eigenvalue weighted by atomic mass is 16.4. The highest BCUT2D eigenvalue weighted by molar-refractivity contribution is 5.80. The van der Waals surface area contributed by atoms with E-state index in [2.05, 4.69) is 12.2 Å². The van der Waals surface area contributed by atoms with E-state index in [1.807, 2.05) is 0 Å². The molecule has 0 radical (unpaired) electrons. The third-order valence-electron chi connectivity index (χ3n) is 4.66. The van der Waals surface area contributed by atoms with Crippen molar-refractivity contribution in [1.82, 2.24) is 10.2 Å². The van der Waals surface area contributed by atoms with E-state index < -0.39 is 6.09 Å². The first kappa shape index (κ1) is 19.8. The lowest BCUT2D eigenvalue weighted by atomic mass is 10.1. The Labute approximate surface area is 140 Å². The molecule has 134 valence electrons. The average Bonchev–Trinajstić information content (AvgIpc) is 3.02. The van der Waals surface area contributed by atoms with Crippen molar-refractivity contribution in [2.24, 2.45) is 5.92 Å². The Morgan fingerprint density at radius 3 is 2.09 bits per heavy atom. The first-order chi connectivity index (χ1) is 11.1. The molecule has 0 aromatic heterocycles. The van der Waals surface area contributed by atoms with Crippen LogP contribution in [-0.4, -0.2) is 41.6 Å². The summed E-state index contributed by atoms with van der Waals surface area (Å²) < 4.78 is 0. The van der Waals surface area contributed by atoms with E-state index >= 15 is 0 Å². The molecule has 0 bridgehead atoms. The van der Waals surface area contributed by atoms with Gasteiger partial charge < -0.3 is 15.3 Å². The lowest BCUT2D eigenvalue weighted by Gasteiger charge is -2.12. The molecule has 2 N–H and O–H groups in total. The maximum Gasteiger partial charge on any atom is 0.407 e. The summed E-state index contributed by atoms with van der Waals surface area (Å²) in [6.45, 7) is 3.79. The minimum absolute atomic E-state index is 0.0182. The van der Waals surface area contributed by atoms with Crippen molar-refractivity contribution < 1.29 is 14.7 Å². The van der Waals surface area contributed by atoms with E-state index in [0.717, 1.165) is 13.0 Å². The number of unbranched alkanes of at least 4 members (excludes halogenated alkanes) is 9. The number of carboxylic acid groups (broad SMARTS) is 1. The van der Waals surface area contributed by atoms with Gasteiger partial charge in [0.2, 0.25) is 5.91 Å². The largest absolute Gasteiger partial charge is 0.465 e. The summed E-state index contributed by atoms with van der Waals surface area (Å²) in [5, 5.41) is 11.8. The predicted molar refractivity (Wildman–Crippen MR) is 92.6 cm³/mol. The van der Waals surface area contributed by atoms with Gasteiger partial charge in [-0.15, -0.1) is 0 Å². The summed E-state index contributed by atoms with van der Waals surface area (Å²) in [6, 6.07) is 0. The van der Waals surface area contributed by atoms with E-state index in [-0.39, 0.29) is 11.8 Å². The van der Waals surface area contributed by atoms with Crippen LogP contribution in [0.2, 0.25) is 0 Å². The molecule has 1 saturated heterocycles. The van der Waals surface area contributed by atoms with Crippen molar-refractivity contribution >= 4 is 12.0 Å². The molecule has 1 heterocycles. The monoisotopic (exact) mass is 326 g/mol. The first-order valence-electron chi connectivity index (χ1n) is 9.40. The van der Waals surface area contributed by atoms with Gasteiger partial charge >= 0.3 is 6.09 Å². The third-order valence-corrected chi connectivity index (χ3v) is 4.66. The Bertz CT molecular complexity index is 347. The summed E-state index contributed by atoms with van der Waals surface area (Å²) in [5.74, 6) is -0.140. The molecule has 1 rings (SSSR count). The molecule has 5 heteroatoms. The molecule has 2 amide bonds. The summed E-state index contributed by atoms with van der Waals surface area (Å²) in [7, 11) is 0. The fourth-order valence-corrected chi connectivity index (χ4v) is 3.12. The molecule has 23 heavy (non-hydrogen) atoms. The molecule has 5 nitrogen and oxygen atoms in total. The zero-order valence-electron chi connectivity index (χ0n) is 14.7. The van der Waals surface area contributed by atoms with Crippen LogP contribution in [0.4, 0.5) is 4.79 Å². The molecule has 0 aliphatic carbocycles. The minimum atomic E-state index is -0.921. The number of nitrogens with zero attached hydrogens (tertiary/aromatic N) is 1. The van der Waals surface area contributed by atoms with Gasteiger partial charge in [0, 0.05) is 19.6 Å². The highest BCUT2D eigenvalue weighted by Gasteiger charge is 2.30. The second kappa shape index (κ2) is 12.2. The first-order valence-corrected chi connectivity index (χ1v) is 9.40. The van der Waals surface area contributed by atoms with Crippen molar-refractivity contribution in [3.8, 4) is 0 Å². The van der Waals surface area contributed by atoms with Gasteiger partial charge in [-0.25, -0.2) is 4.79 Å². The third kappa shape index (κ3) is 8.82. The summed E-state index contributed by atoms with van der Waals surface area (Å²) >= 11 is 0. The molecule has 0 aromatic rings. The van der Waals surface area contributed by atoms with Crippen molar-refractivity contribution in [3.05, 3.63) is 0 Å². The normalized spacial score (nSPS) is 17.4. The Morgan fingerprint density at radius 2 is 1.57 bits per heavy atom. The number of rotatable bonds is 12. The van der Waals surface area contributed by atoms with Crippen LogP contribution in [0, 0.1) is 5.92 Å². The Hall–Kier alpha value is -1.26. The van der Waals surface area contributed by atoms with Gasteiger partial charge in [-0.1, -0.05) is 64.7 Å². The second-order valence-electron chi connectivity index (χ2n) is 6.69. The average molecular weight is 326 g/mol. The van der Waals surface area contributed by atoms with Crippen molar-refractivity contribution in [1.29, 1.82) is 0 Å². The van der Waals surface area contributed by atoms with Gasteiger partial charge in [0.25, 0.3) is 0 Å². The van der Waals surface area contributed by atoms with Gasteiger partial charge in [-0.05, 0) is 12.8 Å². The van der Waals surface area contributed by atoms with Crippen LogP contribution in [0.5, 0.6) is 0 Å². The van der Waals surface area contributed by atoms with Crippen molar-refractivity contribution in [2.75, 3.05) is 19.6 Å². The van der Waals surface area contributed by atoms with Gasteiger partial charge in [-0.3, -0.25) is 4.79 Å². The molecule has 1 unspecified atom stereocenters. The molecule has 1 atom stereocenters. The summed E-state index contributed by atoms with van der Waals surface area (Å²) in [4.78, 5) is 24.1. The zero-order valence-corrected chi connectivity index (χ0v) is 14.7. The molecule has 1 aliphatic rings. The van der Waals surface area contributed by atoms with Gasteiger partial charge in [0.05, 0.1) is 5.92 Å². The smallest absolute Gasteiger partial charge is 0.407 e. The van der Waals surface area contributed by atoms with Crippen LogP contribution in [0.1, 0.15) is 77.6 Å². The molecule has 0 aromatic carbocycles. The van der Waals surface area contributed by atoms with Gasteiger partial charge in [-0.2, -0.15) is 0 Å². The number of hydrogen-bond donors (Lipinski definition) is 2. The quantitative estimate of drug-likeness (QED) is 0.532. The molecule has 0 saturated carbocycles. The Kier molecular flexibility index (Phi) is 10.5. The lowest BCUT2D eigenvalue weighted by Crippen LogP contribution is -2.34. The SMILES string of the molecule is CCCCCCCCCCCCNC(=O)C1CCN(C(=O)O)C1. The second-order valence-corrected chi connectivity index (χ2v) is 6.69. The number of carbonyl (C=O) groups is 2. The molecular formula is C18H34N2O3.